The molecule has 34 heavy (non-hydrogen) atoms. The molecule has 1 aliphatic heterocycles. The number of methoxy groups -OCH3 is 1. The zero-order valence-electron chi connectivity index (χ0n) is 19.3. The van der Waals surface area contributed by atoms with Crippen LogP contribution in [0.4, 0.5) is 24.7 Å². The summed E-state index contributed by atoms with van der Waals surface area (Å²) in [5.74, 6) is -2.88. The van der Waals surface area contributed by atoms with E-state index in [1.807, 2.05) is 13.8 Å². The van der Waals surface area contributed by atoms with Crippen molar-refractivity contribution in [2.45, 2.75) is 45.4 Å². The summed E-state index contributed by atoms with van der Waals surface area (Å²) in [5.41, 5.74) is 2.40. The van der Waals surface area contributed by atoms with Crippen molar-refractivity contribution in [1.82, 2.24) is 19.7 Å². The lowest BCUT2D eigenvalue weighted by Crippen LogP contribution is -2.53. The number of halogens is 3. The molecule has 1 aliphatic rings. The van der Waals surface area contributed by atoms with E-state index in [1.54, 1.807) is 31.5 Å². The number of rotatable bonds is 7. The average Bonchev–Trinajstić information content (AvgIpc) is 3.24. The van der Waals surface area contributed by atoms with Gasteiger partial charge >= 0.3 is 0 Å². The second-order valence-electron chi connectivity index (χ2n) is 8.33. The summed E-state index contributed by atoms with van der Waals surface area (Å²) in [6, 6.07) is 1.39. The Morgan fingerprint density at radius 3 is 2.53 bits per heavy atom. The molecule has 1 N–H and O–H groups in total. The molecule has 8 nitrogen and oxygen atoms in total. The van der Waals surface area contributed by atoms with Crippen molar-refractivity contribution >= 4 is 17.4 Å². The molecular weight excluding hydrogens is 449 g/mol. The minimum absolute atomic E-state index is 0.103. The number of benzene rings is 1. The Balaban J connectivity index is 1.47. The summed E-state index contributed by atoms with van der Waals surface area (Å²) in [5, 5.41) is 7.11. The van der Waals surface area contributed by atoms with E-state index in [0.29, 0.717) is 35.9 Å². The van der Waals surface area contributed by atoms with E-state index in [4.69, 9.17) is 4.74 Å². The molecule has 1 aromatic carbocycles. The quantitative estimate of drug-likeness (QED) is 0.530. The highest BCUT2D eigenvalue weighted by Gasteiger charge is 2.37. The van der Waals surface area contributed by atoms with Crippen LogP contribution in [0.1, 0.15) is 29.6 Å². The zero-order valence-corrected chi connectivity index (χ0v) is 19.3. The Morgan fingerprint density at radius 2 is 1.85 bits per heavy atom. The molecule has 0 aliphatic carbocycles. The van der Waals surface area contributed by atoms with Crippen LogP contribution in [0.5, 0.6) is 0 Å². The topological polar surface area (TPSA) is 85.2 Å². The van der Waals surface area contributed by atoms with Crippen LogP contribution in [0.15, 0.2) is 24.5 Å². The molecule has 0 radical (unpaired) electrons. The molecule has 3 heterocycles. The first-order chi connectivity index (χ1) is 16.2. The van der Waals surface area contributed by atoms with E-state index in [2.05, 4.69) is 20.4 Å². The number of anilines is 2. The first-order valence-electron chi connectivity index (χ1n) is 10.8. The summed E-state index contributed by atoms with van der Waals surface area (Å²) >= 11 is 0. The Hall–Kier alpha value is -3.47. The van der Waals surface area contributed by atoms with E-state index in [0.717, 1.165) is 17.7 Å². The number of likely N-dealkylation sites (N-methyl/N-ethyl adjacent to an activating group) is 1. The molecule has 4 rings (SSSR count). The lowest BCUT2D eigenvalue weighted by molar-refractivity contribution is -0.120. The van der Waals surface area contributed by atoms with Crippen LogP contribution in [0.2, 0.25) is 0 Å². The van der Waals surface area contributed by atoms with Gasteiger partial charge in [-0.05, 0) is 43.5 Å². The highest BCUT2D eigenvalue weighted by molar-refractivity contribution is 6.03. The molecule has 0 unspecified atom stereocenters. The summed E-state index contributed by atoms with van der Waals surface area (Å²) in [7, 11) is 3.36. The maximum atomic E-state index is 13.5. The van der Waals surface area contributed by atoms with E-state index >= 15 is 0 Å². The normalized spacial score (nSPS) is 16.4. The maximum Gasteiger partial charge on any atom is 0.249 e. The third-order valence-corrected chi connectivity index (χ3v) is 5.91. The van der Waals surface area contributed by atoms with Crippen molar-refractivity contribution < 1.29 is 22.7 Å². The van der Waals surface area contributed by atoms with Gasteiger partial charge in [-0.2, -0.15) is 5.10 Å². The first kappa shape index (κ1) is 23.7. The van der Waals surface area contributed by atoms with Gasteiger partial charge in [-0.25, -0.2) is 23.1 Å². The number of carbonyl (C=O) groups excluding carboxylic acids is 1. The molecule has 3 aromatic rings. The number of hydrogen-bond acceptors (Lipinski definition) is 6. The van der Waals surface area contributed by atoms with Crippen LogP contribution in [-0.2, 0) is 28.9 Å². The minimum atomic E-state index is -1.49. The lowest BCUT2D eigenvalue weighted by Gasteiger charge is -2.37. The summed E-state index contributed by atoms with van der Waals surface area (Å²) in [6.07, 6.45) is 4.19. The van der Waals surface area contributed by atoms with Gasteiger partial charge in [-0.15, -0.1) is 0 Å². The first-order valence-corrected chi connectivity index (χ1v) is 10.8. The SMILES string of the molecule is CO[C@H](C)[C@H]1C(=O)Nc2c(C)nc(CCc3cnn(Cc4cc(F)c(F)c(F)c4)c3)nc2N1C. The summed E-state index contributed by atoms with van der Waals surface area (Å²) in [4.78, 5) is 23.6. The number of ether oxygens (including phenoxy) is 1. The molecular formula is C23H25F3N6O2. The number of amides is 1. The van der Waals surface area contributed by atoms with Crippen molar-refractivity contribution in [2.75, 3.05) is 24.4 Å². The standard InChI is InChI=1S/C23H25F3N6O2/c1-12-20-22(31(3)21(13(2)34-4)23(33)30-20)29-18(28-12)6-5-14-9-27-32(10-14)11-15-7-16(24)19(26)17(25)8-15/h7-10,13,21H,5-6,11H2,1-4H3,(H,30,33)/t13-,21+/m1/s1. The van der Waals surface area contributed by atoms with Gasteiger partial charge in [-0.1, -0.05) is 0 Å². The van der Waals surface area contributed by atoms with Gasteiger partial charge in [0.2, 0.25) is 5.91 Å². The van der Waals surface area contributed by atoms with Crippen molar-refractivity contribution in [1.29, 1.82) is 0 Å². The molecule has 11 heteroatoms. The Morgan fingerprint density at radius 1 is 1.15 bits per heavy atom. The smallest absolute Gasteiger partial charge is 0.249 e. The number of hydrogen-bond donors (Lipinski definition) is 1. The van der Waals surface area contributed by atoms with Crippen LogP contribution in [-0.4, -0.2) is 52.0 Å². The van der Waals surface area contributed by atoms with Crippen molar-refractivity contribution in [2.24, 2.45) is 0 Å². The number of fused-ring (bicyclic) bond motifs is 1. The molecule has 2 atom stereocenters. The largest absolute Gasteiger partial charge is 0.379 e. The zero-order chi connectivity index (χ0) is 24.6. The lowest BCUT2D eigenvalue weighted by atomic mass is 10.1. The summed E-state index contributed by atoms with van der Waals surface area (Å²) in [6.45, 7) is 3.75. The van der Waals surface area contributed by atoms with Crippen molar-refractivity contribution in [3.8, 4) is 0 Å². The fraction of sp³-hybridized carbons (Fsp3) is 0.391. The number of nitrogens with one attached hydrogen (secondary N) is 1. The van der Waals surface area contributed by atoms with Crippen LogP contribution in [0.25, 0.3) is 0 Å². The van der Waals surface area contributed by atoms with Crippen LogP contribution < -0.4 is 10.2 Å². The van der Waals surface area contributed by atoms with Gasteiger partial charge in [0, 0.05) is 26.8 Å². The van der Waals surface area contributed by atoms with Gasteiger partial charge in [-0.3, -0.25) is 9.48 Å². The predicted molar refractivity (Wildman–Crippen MR) is 119 cm³/mol. The highest BCUT2D eigenvalue weighted by Crippen LogP contribution is 2.32. The molecule has 180 valence electrons. The van der Waals surface area contributed by atoms with E-state index in [-0.39, 0.29) is 24.1 Å². The van der Waals surface area contributed by atoms with Gasteiger partial charge < -0.3 is 15.0 Å². The maximum absolute atomic E-state index is 13.5. The number of aromatic nitrogens is 4. The average molecular weight is 474 g/mol. The van der Waals surface area contributed by atoms with E-state index in [1.165, 1.54) is 4.68 Å². The third kappa shape index (κ3) is 4.60. The Bertz CT molecular complexity index is 1210. The molecule has 0 saturated carbocycles. The van der Waals surface area contributed by atoms with Crippen LogP contribution in [0, 0.1) is 24.4 Å². The van der Waals surface area contributed by atoms with Gasteiger partial charge in [0.05, 0.1) is 24.5 Å². The third-order valence-electron chi connectivity index (χ3n) is 5.91. The van der Waals surface area contributed by atoms with Gasteiger partial charge in [0.15, 0.2) is 23.3 Å². The van der Waals surface area contributed by atoms with Crippen molar-refractivity contribution in [3.63, 3.8) is 0 Å². The monoisotopic (exact) mass is 474 g/mol. The van der Waals surface area contributed by atoms with Gasteiger partial charge in [0.25, 0.3) is 0 Å². The Kier molecular flexibility index (Phi) is 6.56. The second kappa shape index (κ2) is 9.41. The van der Waals surface area contributed by atoms with E-state index in [9.17, 15) is 18.0 Å². The molecule has 0 saturated heterocycles. The molecule has 0 spiro atoms. The number of carbonyl (C=O) groups is 1. The fourth-order valence-corrected chi connectivity index (χ4v) is 4.05. The predicted octanol–water partition coefficient (Wildman–Crippen LogP) is 3.02. The van der Waals surface area contributed by atoms with E-state index < -0.39 is 23.5 Å². The molecule has 2 aromatic heterocycles. The van der Waals surface area contributed by atoms with Crippen LogP contribution in [0.3, 0.4) is 0 Å². The molecule has 1 amide bonds. The highest BCUT2D eigenvalue weighted by atomic mass is 19.2. The Labute approximate surface area is 194 Å². The van der Waals surface area contributed by atoms with Crippen LogP contribution >= 0.6 is 0 Å². The number of aryl methyl sites for hydroxylation is 3. The van der Waals surface area contributed by atoms with Crippen molar-refractivity contribution in [3.05, 3.63) is 64.6 Å². The molecule has 0 fully saturated rings. The van der Waals surface area contributed by atoms with Gasteiger partial charge in [0.1, 0.15) is 17.6 Å². The number of nitrogens with zero attached hydrogens (tertiary/aromatic N) is 5. The second-order valence-corrected chi connectivity index (χ2v) is 8.33. The molecule has 0 bridgehead atoms. The minimum Gasteiger partial charge on any atom is -0.379 e. The fourth-order valence-electron chi connectivity index (χ4n) is 4.05. The summed E-state index contributed by atoms with van der Waals surface area (Å²) < 4.78 is 47.0.